The molecule has 1 aliphatic heterocycles. The second kappa shape index (κ2) is 10.5. The number of carbonyl (C=O) groups is 2. The van der Waals surface area contributed by atoms with Crippen LogP contribution in [0.4, 0.5) is 8.78 Å². The number of hydrogen-bond donors (Lipinski definition) is 3. The molecule has 9 heteroatoms. The van der Waals surface area contributed by atoms with Gasteiger partial charge in [0.1, 0.15) is 17.2 Å². The zero-order valence-electron chi connectivity index (χ0n) is 18.3. The Morgan fingerprint density at radius 1 is 1.15 bits per heavy atom. The molecule has 0 unspecified atom stereocenters. The van der Waals surface area contributed by atoms with Crippen LogP contribution in [0, 0.1) is 11.6 Å². The highest BCUT2D eigenvalue weighted by Crippen LogP contribution is 2.23. The number of carbonyl (C=O) groups excluding carboxylic acids is 2. The molecule has 0 atom stereocenters. The first-order valence-corrected chi connectivity index (χ1v) is 11.7. The Bertz CT molecular complexity index is 1240. The molecular weight excluding hydrogens is 508 g/mol. The first-order chi connectivity index (χ1) is 16.4. The van der Waals surface area contributed by atoms with E-state index in [9.17, 15) is 18.4 Å². The van der Waals surface area contributed by atoms with Crippen LogP contribution in [0.3, 0.4) is 0 Å². The monoisotopic (exact) mass is 531 g/mol. The number of aromatic amines is 1. The Labute approximate surface area is 203 Å². The van der Waals surface area contributed by atoms with Crippen LogP contribution in [-0.4, -0.2) is 42.1 Å². The van der Waals surface area contributed by atoms with Gasteiger partial charge in [-0.25, -0.2) is 8.78 Å². The van der Waals surface area contributed by atoms with Crippen LogP contribution in [0.5, 0.6) is 0 Å². The largest absolute Gasteiger partial charge is 0.381 e. The quantitative estimate of drug-likeness (QED) is 0.398. The third kappa shape index (κ3) is 5.53. The molecule has 2 amide bonds. The van der Waals surface area contributed by atoms with Gasteiger partial charge in [-0.05, 0) is 69.9 Å². The minimum Gasteiger partial charge on any atom is -0.381 e. The second-order valence-corrected chi connectivity index (χ2v) is 9.05. The molecule has 0 radical (unpaired) electrons. The molecule has 2 heterocycles. The summed E-state index contributed by atoms with van der Waals surface area (Å²) < 4.78 is 32.7. The van der Waals surface area contributed by atoms with E-state index in [0.29, 0.717) is 49.1 Å². The lowest BCUT2D eigenvalue weighted by Crippen LogP contribution is -2.61. The number of halogens is 3. The Hall–Kier alpha value is -3.04. The van der Waals surface area contributed by atoms with Crippen molar-refractivity contribution in [3.63, 3.8) is 0 Å². The van der Waals surface area contributed by atoms with E-state index < -0.39 is 17.3 Å². The SMILES string of the molecule is O=C(C=Cc1ccc(F)c(Br)c1)NC1(C(=O)NCCc2c[nH]c3ccc(F)cc23)CCOCC1. The molecule has 3 N–H and O–H groups in total. The summed E-state index contributed by atoms with van der Waals surface area (Å²) in [5, 5.41) is 6.54. The van der Waals surface area contributed by atoms with Crippen LogP contribution in [0.2, 0.25) is 0 Å². The van der Waals surface area contributed by atoms with Crippen LogP contribution in [0.1, 0.15) is 24.0 Å². The first-order valence-electron chi connectivity index (χ1n) is 10.9. The number of benzene rings is 2. The lowest BCUT2D eigenvalue weighted by atomic mass is 9.88. The smallest absolute Gasteiger partial charge is 0.245 e. The van der Waals surface area contributed by atoms with Crippen molar-refractivity contribution in [3.8, 4) is 0 Å². The van der Waals surface area contributed by atoms with Crippen molar-refractivity contribution in [2.75, 3.05) is 19.8 Å². The van der Waals surface area contributed by atoms with Crippen molar-refractivity contribution in [2.24, 2.45) is 0 Å². The molecule has 4 rings (SSSR count). The Balaban J connectivity index is 1.40. The van der Waals surface area contributed by atoms with E-state index in [1.54, 1.807) is 30.5 Å². The van der Waals surface area contributed by atoms with Crippen molar-refractivity contribution < 1.29 is 23.1 Å². The van der Waals surface area contributed by atoms with Gasteiger partial charge in [-0.3, -0.25) is 9.59 Å². The molecular formula is C25H24BrF2N3O3. The molecule has 0 saturated carbocycles. The van der Waals surface area contributed by atoms with E-state index in [1.165, 1.54) is 24.3 Å². The minimum absolute atomic E-state index is 0.284. The predicted octanol–water partition coefficient (Wildman–Crippen LogP) is 4.25. The maximum atomic E-state index is 13.6. The van der Waals surface area contributed by atoms with E-state index >= 15 is 0 Å². The van der Waals surface area contributed by atoms with E-state index in [2.05, 4.69) is 31.5 Å². The zero-order chi connectivity index (χ0) is 24.1. The molecule has 6 nitrogen and oxygen atoms in total. The highest BCUT2D eigenvalue weighted by atomic mass is 79.9. The van der Waals surface area contributed by atoms with Gasteiger partial charge in [0.15, 0.2) is 0 Å². The highest BCUT2D eigenvalue weighted by molar-refractivity contribution is 9.10. The lowest BCUT2D eigenvalue weighted by Gasteiger charge is -2.36. The van der Waals surface area contributed by atoms with E-state index in [1.807, 2.05) is 0 Å². The number of H-pyrrole nitrogens is 1. The van der Waals surface area contributed by atoms with Gasteiger partial charge in [-0.15, -0.1) is 0 Å². The van der Waals surface area contributed by atoms with Gasteiger partial charge >= 0.3 is 0 Å². The summed E-state index contributed by atoms with van der Waals surface area (Å²) in [4.78, 5) is 28.9. The number of hydrogen-bond acceptors (Lipinski definition) is 3. The second-order valence-electron chi connectivity index (χ2n) is 8.20. The summed E-state index contributed by atoms with van der Waals surface area (Å²) in [5.74, 6) is -1.42. The van der Waals surface area contributed by atoms with Crippen molar-refractivity contribution in [1.82, 2.24) is 15.6 Å². The maximum Gasteiger partial charge on any atom is 0.245 e. The van der Waals surface area contributed by atoms with Gasteiger partial charge in [0.25, 0.3) is 0 Å². The van der Waals surface area contributed by atoms with Gasteiger partial charge < -0.3 is 20.4 Å². The highest BCUT2D eigenvalue weighted by Gasteiger charge is 2.40. The Kier molecular flexibility index (Phi) is 7.43. The summed E-state index contributed by atoms with van der Waals surface area (Å²) in [7, 11) is 0. The minimum atomic E-state index is -1.09. The van der Waals surface area contributed by atoms with Crippen LogP contribution in [0.15, 0.2) is 53.1 Å². The third-order valence-corrected chi connectivity index (χ3v) is 6.53. The molecule has 1 aliphatic rings. The third-order valence-electron chi connectivity index (χ3n) is 5.92. The van der Waals surface area contributed by atoms with Crippen molar-refractivity contribution in [1.29, 1.82) is 0 Å². The summed E-state index contributed by atoms with van der Waals surface area (Å²) in [5.41, 5.74) is 1.28. The summed E-state index contributed by atoms with van der Waals surface area (Å²) in [6.07, 6.45) is 5.89. The summed E-state index contributed by atoms with van der Waals surface area (Å²) in [6, 6.07) is 8.96. The number of rotatable bonds is 7. The predicted molar refractivity (Wildman–Crippen MR) is 129 cm³/mol. The Morgan fingerprint density at radius 3 is 2.71 bits per heavy atom. The zero-order valence-corrected chi connectivity index (χ0v) is 19.9. The average Bonchev–Trinajstić information content (AvgIpc) is 3.22. The molecule has 2 aromatic carbocycles. The van der Waals surface area contributed by atoms with Gasteiger partial charge in [0.05, 0.1) is 4.47 Å². The Morgan fingerprint density at radius 2 is 1.94 bits per heavy atom. The molecule has 1 saturated heterocycles. The number of ether oxygens (including phenoxy) is 1. The van der Waals surface area contributed by atoms with Crippen LogP contribution >= 0.6 is 15.9 Å². The molecule has 1 fully saturated rings. The molecule has 3 aromatic rings. The number of fused-ring (bicyclic) bond motifs is 1. The molecule has 0 bridgehead atoms. The molecule has 0 aliphatic carbocycles. The van der Waals surface area contributed by atoms with Gasteiger partial charge in [-0.2, -0.15) is 0 Å². The van der Waals surface area contributed by atoms with Crippen LogP contribution < -0.4 is 10.6 Å². The normalized spacial score (nSPS) is 15.5. The van der Waals surface area contributed by atoms with Gasteiger partial charge in [0, 0.05) is 55.8 Å². The van der Waals surface area contributed by atoms with Crippen molar-refractivity contribution >= 4 is 44.7 Å². The lowest BCUT2D eigenvalue weighted by molar-refractivity contribution is -0.136. The number of aromatic nitrogens is 1. The van der Waals surface area contributed by atoms with Crippen molar-refractivity contribution in [2.45, 2.75) is 24.8 Å². The fraction of sp³-hybridized carbons (Fsp3) is 0.280. The fourth-order valence-corrected chi connectivity index (χ4v) is 4.43. The molecule has 1 aromatic heterocycles. The summed E-state index contributed by atoms with van der Waals surface area (Å²) >= 11 is 3.12. The molecule has 178 valence electrons. The number of nitrogens with one attached hydrogen (secondary N) is 3. The van der Waals surface area contributed by atoms with Crippen LogP contribution in [-0.2, 0) is 20.7 Å². The standard InChI is InChI=1S/C25H24BrF2N3O3/c26-20-13-16(1-4-21(20)28)2-6-23(32)31-25(8-11-34-12-9-25)24(33)29-10-7-17-15-30-22-5-3-18(27)14-19(17)22/h1-6,13-15,30H,7-12H2,(H,29,33)(H,31,32). The van der Waals surface area contributed by atoms with Gasteiger partial charge in [-0.1, -0.05) is 6.07 Å². The maximum absolute atomic E-state index is 13.6. The van der Waals surface area contributed by atoms with E-state index in [4.69, 9.17) is 4.74 Å². The van der Waals surface area contributed by atoms with Crippen LogP contribution in [0.25, 0.3) is 17.0 Å². The first kappa shape index (κ1) is 24.1. The molecule has 34 heavy (non-hydrogen) atoms. The molecule has 0 spiro atoms. The summed E-state index contributed by atoms with van der Waals surface area (Å²) in [6.45, 7) is 1.04. The number of amides is 2. The fourth-order valence-electron chi connectivity index (χ4n) is 4.03. The average molecular weight is 532 g/mol. The van der Waals surface area contributed by atoms with E-state index in [0.717, 1.165) is 16.5 Å². The van der Waals surface area contributed by atoms with Gasteiger partial charge in [0.2, 0.25) is 11.8 Å². The topological polar surface area (TPSA) is 83.2 Å². The van der Waals surface area contributed by atoms with Crippen molar-refractivity contribution in [3.05, 3.63) is 75.9 Å². The van der Waals surface area contributed by atoms with E-state index in [-0.39, 0.29) is 11.7 Å².